The summed E-state index contributed by atoms with van der Waals surface area (Å²) in [6.07, 6.45) is 6.25. The van der Waals surface area contributed by atoms with E-state index in [1.807, 2.05) is 4.68 Å². The van der Waals surface area contributed by atoms with Gasteiger partial charge < -0.3 is 5.32 Å². The maximum Gasteiger partial charge on any atom is 0.209 e. The Kier molecular flexibility index (Phi) is 6.10. The summed E-state index contributed by atoms with van der Waals surface area (Å²) >= 11 is 1.79. The topological polar surface area (TPSA) is 55.6 Å². The molecule has 0 atom stereocenters. The summed E-state index contributed by atoms with van der Waals surface area (Å²) in [7, 11) is 0. The quantitative estimate of drug-likeness (QED) is 0.587. The van der Waals surface area contributed by atoms with Crippen molar-refractivity contribution in [3.63, 3.8) is 0 Å². The van der Waals surface area contributed by atoms with Crippen LogP contribution < -0.4 is 5.32 Å². The number of thioether (sulfide) groups is 1. The van der Waals surface area contributed by atoms with Gasteiger partial charge in [0.1, 0.15) is 0 Å². The number of rotatable bonds is 8. The van der Waals surface area contributed by atoms with Crippen LogP contribution >= 0.6 is 11.8 Å². The summed E-state index contributed by atoms with van der Waals surface area (Å²) in [5.41, 5.74) is 0. The van der Waals surface area contributed by atoms with Gasteiger partial charge in [-0.05, 0) is 48.7 Å². The summed E-state index contributed by atoms with van der Waals surface area (Å²) < 4.78 is 2.04. The van der Waals surface area contributed by atoms with Crippen molar-refractivity contribution in [2.75, 3.05) is 18.8 Å². The molecule has 0 spiro atoms. The van der Waals surface area contributed by atoms with Gasteiger partial charge in [0.25, 0.3) is 0 Å². The lowest BCUT2D eigenvalue weighted by atomic mass is 10.2. The Morgan fingerprint density at radius 2 is 2.16 bits per heavy atom. The fourth-order valence-corrected chi connectivity index (χ4v) is 3.29. The molecule has 0 bridgehead atoms. The molecular formula is C13H25N5S. The number of hydrogen-bond acceptors (Lipinski definition) is 5. The molecule has 1 aliphatic carbocycles. The molecule has 0 saturated heterocycles. The number of nitrogens with zero attached hydrogens (tertiary/aromatic N) is 4. The highest BCUT2D eigenvalue weighted by atomic mass is 32.2. The number of hydrogen-bond donors (Lipinski definition) is 1. The van der Waals surface area contributed by atoms with E-state index in [1.54, 1.807) is 11.8 Å². The molecule has 0 aliphatic heterocycles. The Morgan fingerprint density at radius 3 is 2.89 bits per heavy atom. The van der Waals surface area contributed by atoms with Crippen LogP contribution in [0.25, 0.3) is 0 Å². The third-order valence-electron chi connectivity index (χ3n) is 3.41. The molecule has 1 aromatic rings. The molecular weight excluding hydrogens is 258 g/mol. The van der Waals surface area contributed by atoms with Gasteiger partial charge in [-0.1, -0.05) is 38.5 Å². The van der Waals surface area contributed by atoms with E-state index in [9.17, 15) is 0 Å². The van der Waals surface area contributed by atoms with Gasteiger partial charge in [-0.3, -0.25) is 0 Å². The number of aromatic nitrogens is 4. The maximum atomic E-state index is 4.16. The summed E-state index contributed by atoms with van der Waals surface area (Å²) in [6.45, 7) is 6.65. The molecule has 5 nitrogen and oxygen atoms in total. The van der Waals surface area contributed by atoms with Crippen molar-refractivity contribution in [2.45, 2.75) is 57.1 Å². The van der Waals surface area contributed by atoms with Crippen molar-refractivity contribution >= 4 is 11.8 Å². The summed E-state index contributed by atoms with van der Waals surface area (Å²) in [5, 5.41) is 16.6. The molecule has 1 saturated carbocycles. The monoisotopic (exact) mass is 283 g/mol. The molecule has 1 fully saturated rings. The van der Waals surface area contributed by atoms with Gasteiger partial charge in [-0.15, -0.1) is 5.10 Å². The van der Waals surface area contributed by atoms with Gasteiger partial charge >= 0.3 is 0 Å². The molecule has 0 radical (unpaired) electrons. The predicted molar refractivity (Wildman–Crippen MR) is 78.4 cm³/mol. The minimum absolute atomic E-state index is 0.538. The van der Waals surface area contributed by atoms with E-state index in [-0.39, 0.29) is 0 Å². The first-order valence-corrected chi connectivity index (χ1v) is 8.37. The maximum absolute atomic E-state index is 4.16. The first-order valence-electron chi connectivity index (χ1n) is 7.38. The third-order valence-corrected chi connectivity index (χ3v) is 4.43. The lowest BCUT2D eigenvalue weighted by Gasteiger charge is -2.11. The average molecular weight is 283 g/mol. The molecule has 1 heterocycles. The molecule has 0 unspecified atom stereocenters. The Bertz CT molecular complexity index is 360. The normalized spacial score (nSPS) is 16.6. The zero-order chi connectivity index (χ0) is 13.5. The minimum Gasteiger partial charge on any atom is -0.316 e. The second kappa shape index (κ2) is 7.85. The molecule has 1 N–H and O–H groups in total. The first kappa shape index (κ1) is 14.8. The zero-order valence-corrected chi connectivity index (χ0v) is 12.8. The summed E-state index contributed by atoms with van der Waals surface area (Å²) in [6, 6.07) is 0.538. The first-order chi connectivity index (χ1) is 9.27. The van der Waals surface area contributed by atoms with Crippen molar-refractivity contribution in [1.29, 1.82) is 0 Å². The van der Waals surface area contributed by atoms with Crippen LogP contribution in [0.15, 0.2) is 5.16 Å². The Balaban J connectivity index is 1.67. The Hall–Kier alpha value is -0.620. The summed E-state index contributed by atoms with van der Waals surface area (Å²) in [5.74, 6) is 1.81. The van der Waals surface area contributed by atoms with Gasteiger partial charge in [0, 0.05) is 5.75 Å². The highest BCUT2D eigenvalue weighted by molar-refractivity contribution is 7.99. The number of nitrogens with one attached hydrogen (secondary N) is 1. The van der Waals surface area contributed by atoms with E-state index < -0.39 is 0 Å². The van der Waals surface area contributed by atoms with E-state index in [0.29, 0.717) is 6.04 Å². The minimum atomic E-state index is 0.538. The molecule has 6 heteroatoms. The van der Waals surface area contributed by atoms with E-state index in [2.05, 4.69) is 34.7 Å². The standard InChI is InChI=1S/C13H25N5S/c1-11(2)10-14-8-5-9-19-13-15-16-17-18(13)12-6-3-4-7-12/h11-12,14H,3-10H2,1-2H3. The van der Waals surface area contributed by atoms with Crippen molar-refractivity contribution in [2.24, 2.45) is 5.92 Å². The molecule has 1 aliphatic rings. The van der Waals surface area contributed by atoms with Crippen molar-refractivity contribution < 1.29 is 0 Å². The van der Waals surface area contributed by atoms with Crippen LogP contribution in [0.1, 0.15) is 52.0 Å². The average Bonchev–Trinajstić information content (AvgIpc) is 3.03. The zero-order valence-electron chi connectivity index (χ0n) is 12.0. The van der Waals surface area contributed by atoms with Crippen molar-refractivity contribution in [3.8, 4) is 0 Å². The van der Waals surface area contributed by atoms with E-state index in [1.165, 1.54) is 25.7 Å². The van der Waals surface area contributed by atoms with E-state index >= 15 is 0 Å². The van der Waals surface area contributed by atoms with Gasteiger partial charge in [-0.25, -0.2) is 4.68 Å². The largest absolute Gasteiger partial charge is 0.316 e. The molecule has 2 rings (SSSR count). The smallest absolute Gasteiger partial charge is 0.209 e. The number of tetrazole rings is 1. The Morgan fingerprint density at radius 1 is 1.37 bits per heavy atom. The highest BCUT2D eigenvalue weighted by Gasteiger charge is 2.21. The van der Waals surface area contributed by atoms with Crippen molar-refractivity contribution in [1.82, 2.24) is 25.5 Å². The van der Waals surface area contributed by atoms with Crippen LogP contribution in [0, 0.1) is 5.92 Å². The van der Waals surface area contributed by atoms with E-state index in [4.69, 9.17) is 0 Å². The van der Waals surface area contributed by atoms with Crippen LogP contribution in [-0.2, 0) is 0 Å². The van der Waals surface area contributed by atoms with Crippen LogP contribution in [0.2, 0.25) is 0 Å². The lowest BCUT2D eigenvalue weighted by Crippen LogP contribution is -2.21. The van der Waals surface area contributed by atoms with Crippen LogP contribution in [0.3, 0.4) is 0 Å². The van der Waals surface area contributed by atoms with Crippen molar-refractivity contribution in [3.05, 3.63) is 0 Å². The molecule has 108 valence electrons. The second-order valence-corrected chi connectivity index (χ2v) is 6.71. The van der Waals surface area contributed by atoms with Gasteiger partial charge in [0.15, 0.2) is 0 Å². The van der Waals surface area contributed by atoms with Crippen LogP contribution in [0.4, 0.5) is 0 Å². The third kappa shape index (κ3) is 4.76. The summed E-state index contributed by atoms with van der Waals surface area (Å²) in [4.78, 5) is 0. The molecule has 0 aromatic carbocycles. The molecule has 0 amide bonds. The van der Waals surface area contributed by atoms with Gasteiger partial charge in [-0.2, -0.15) is 0 Å². The SMILES string of the molecule is CC(C)CNCCCSc1nnnn1C1CCCC1. The highest BCUT2D eigenvalue weighted by Crippen LogP contribution is 2.31. The lowest BCUT2D eigenvalue weighted by molar-refractivity contribution is 0.423. The predicted octanol–water partition coefficient (Wildman–Crippen LogP) is 2.52. The van der Waals surface area contributed by atoms with Gasteiger partial charge in [0.05, 0.1) is 6.04 Å². The van der Waals surface area contributed by atoms with Gasteiger partial charge in [0.2, 0.25) is 5.16 Å². The van der Waals surface area contributed by atoms with E-state index in [0.717, 1.165) is 36.3 Å². The fraction of sp³-hybridized carbons (Fsp3) is 0.923. The van der Waals surface area contributed by atoms with Crippen LogP contribution in [-0.4, -0.2) is 39.0 Å². The molecule has 19 heavy (non-hydrogen) atoms. The second-order valence-electron chi connectivity index (χ2n) is 5.64. The molecule has 1 aromatic heterocycles. The van der Waals surface area contributed by atoms with Crippen LogP contribution in [0.5, 0.6) is 0 Å². The Labute approximate surface area is 119 Å². The fourth-order valence-electron chi connectivity index (χ4n) is 2.41.